The Morgan fingerprint density at radius 2 is 1.86 bits per heavy atom. The molecule has 1 saturated carbocycles. The third-order valence-corrected chi connectivity index (χ3v) is 11.2. The monoisotopic (exact) mass is 782 g/mol. The van der Waals surface area contributed by atoms with E-state index in [0.29, 0.717) is 24.9 Å². The first-order chi connectivity index (χ1) is 24.6. The maximum atomic E-state index is 12.4. The number of hydrogen-bond donors (Lipinski definition) is 2. The summed E-state index contributed by atoms with van der Waals surface area (Å²) in [4.78, 5) is 34.9. The number of amides is 2. The lowest BCUT2D eigenvalue weighted by Gasteiger charge is -2.46. The van der Waals surface area contributed by atoms with Gasteiger partial charge in [0.05, 0.1) is 17.6 Å². The Kier molecular flexibility index (Phi) is 16.5. The van der Waals surface area contributed by atoms with Crippen molar-refractivity contribution in [1.29, 1.82) is 0 Å². The van der Waals surface area contributed by atoms with Gasteiger partial charge in [0.15, 0.2) is 0 Å². The van der Waals surface area contributed by atoms with Crippen LogP contribution in [-0.2, 0) is 41.4 Å². The summed E-state index contributed by atoms with van der Waals surface area (Å²) in [5.74, 6) is 0.752. The van der Waals surface area contributed by atoms with Crippen molar-refractivity contribution in [1.82, 2.24) is 30.1 Å². The summed E-state index contributed by atoms with van der Waals surface area (Å²) in [6.07, 6.45) is 20.2. The second-order valence-corrected chi connectivity index (χ2v) is 16.0. The number of imidazole rings is 1. The van der Waals surface area contributed by atoms with Gasteiger partial charge in [-0.3, -0.25) is 19.5 Å². The van der Waals surface area contributed by atoms with Crippen LogP contribution >= 0.6 is 27.5 Å². The number of halogens is 2. The van der Waals surface area contributed by atoms with Crippen molar-refractivity contribution < 1.29 is 9.59 Å². The highest BCUT2D eigenvalue weighted by atomic mass is 79.9. The first-order valence-electron chi connectivity index (χ1n) is 19.2. The second-order valence-electron chi connectivity index (χ2n) is 14.6. The van der Waals surface area contributed by atoms with Crippen molar-refractivity contribution in [2.45, 2.75) is 129 Å². The number of fused-ring (bicyclic) bond motifs is 2. The summed E-state index contributed by atoms with van der Waals surface area (Å²) in [5, 5.41) is 6.80. The van der Waals surface area contributed by atoms with E-state index in [1.54, 1.807) is 13.3 Å². The summed E-state index contributed by atoms with van der Waals surface area (Å²) in [5.41, 5.74) is 6.01. The smallest absolute Gasteiger partial charge is 0.220 e. The molecule has 2 aliphatic rings. The molecule has 0 saturated heterocycles. The minimum atomic E-state index is -0.301. The molecule has 0 radical (unpaired) electrons. The number of aryl methyl sites for hydroxylation is 3. The zero-order valence-electron chi connectivity index (χ0n) is 31.6. The maximum absolute atomic E-state index is 12.4. The fourth-order valence-corrected chi connectivity index (χ4v) is 8.62. The van der Waals surface area contributed by atoms with Crippen LogP contribution in [0.5, 0.6) is 0 Å². The number of pyridine rings is 1. The lowest BCUT2D eigenvalue weighted by molar-refractivity contribution is -0.121. The summed E-state index contributed by atoms with van der Waals surface area (Å²) < 4.78 is 3.02. The minimum absolute atomic E-state index is 0.118. The molecular weight excluding hydrogens is 724 g/mol. The van der Waals surface area contributed by atoms with Gasteiger partial charge in [-0.1, -0.05) is 64.1 Å². The van der Waals surface area contributed by atoms with E-state index in [1.807, 2.05) is 30.1 Å². The Hall–Kier alpha value is -2.75. The van der Waals surface area contributed by atoms with Crippen molar-refractivity contribution in [3.8, 4) is 0 Å². The average Bonchev–Trinajstić information content (AvgIpc) is 3.46. The van der Waals surface area contributed by atoms with Crippen molar-refractivity contribution in [2.75, 3.05) is 19.6 Å². The number of carbonyl (C=O) groups is 2. The lowest BCUT2D eigenvalue weighted by Crippen LogP contribution is -2.50. The Balaban J connectivity index is 0.000000502. The molecule has 2 heterocycles. The number of aromatic nitrogens is 3. The summed E-state index contributed by atoms with van der Waals surface area (Å²) >= 11 is 10.2. The van der Waals surface area contributed by atoms with Gasteiger partial charge in [-0.05, 0) is 115 Å². The Bertz CT molecular complexity index is 1500. The van der Waals surface area contributed by atoms with Gasteiger partial charge in [0.2, 0.25) is 11.8 Å². The van der Waals surface area contributed by atoms with E-state index in [2.05, 4.69) is 75.4 Å². The molecule has 2 amide bonds. The molecule has 51 heavy (non-hydrogen) atoms. The first kappa shape index (κ1) is 41.0. The highest BCUT2D eigenvalue weighted by Gasteiger charge is 2.44. The largest absolute Gasteiger partial charge is 0.356 e. The van der Waals surface area contributed by atoms with Crippen molar-refractivity contribution in [3.05, 3.63) is 80.6 Å². The third kappa shape index (κ3) is 11.6. The zero-order chi connectivity index (χ0) is 36.8. The summed E-state index contributed by atoms with van der Waals surface area (Å²) in [6, 6.07) is 9.20. The average molecular weight is 784 g/mol. The fraction of sp³-hybridized carbons (Fsp3) is 0.610. The number of nitrogens with zero attached hydrogens (tertiary/aromatic N) is 4. The second kappa shape index (κ2) is 20.5. The number of carbonyl (C=O) groups excluding carboxylic acids is 2. The number of unbranched alkanes of at least 4 members (excludes halogenated alkanes) is 1. The SMILES string of the molecule is CC(=O)NC1CCCCC1.CCCN(CC(C)CCCCC(=O)NCCc1cncn1C)C1(CC)c2ccc(Cl)cc2CCc2cc(Br)cnc21. The molecule has 2 aromatic heterocycles. The van der Waals surface area contributed by atoms with E-state index >= 15 is 0 Å². The van der Waals surface area contributed by atoms with Gasteiger partial charge in [0.1, 0.15) is 0 Å². The van der Waals surface area contributed by atoms with Gasteiger partial charge in [-0.2, -0.15) is 0 Å². The molecule has 1 fully saturated rings. The molecule has 280 valence electrons. The van der Waals surface area contributed by atoms with Crippen LogP contribution in [0.3, 0.4) is 0 Å². The Labute approximate surface area is 320 Å². The van der Waals surface area contributed by atoms with Crippen molar-refractivity contribution in [3.63, 3.8) is 0 Å². The molecule has 3 aromatic rings. The topological polar surface area (TPSA) is 92.2 Å². The van der Waals surface area contributed by atoms with Crippen LogP contribution in [0.25, 0.3) is 0 Å². The predicted molar refractivity (Wildman–Crippen MR) is 212 cm³/mol. The van der Waals surface area contributed by atoms with Crippen LogP contribution in [0.2, 0.25) is 5.02 Å². The first-order valence-corrected chi connectivity index (χ1v) is 20.4. The molecule has 2 atom stereocenters. The quantitative estimate of drug-likeness (QED) is 0.151. The van der Waals surface area contributed by atoms with Crippen LogP contribution < -0.4 is 10.6 Å². The fourth-order valence-electron chi connectivity index (χ4n) is 8.05. The van der Waals surface area contributed by atoms with Gasteiger partial charge in [0, 0.05) is 73.5 Å². The highest BCUT2D eigenvalue weighted by molar-refractivity contribution is 9.10. The molecule has 0 aliphatic heterocycles. The van der Waals surface area contributed by atoms with Crippen LogP contribution in [0, 0.1) is 5.92 Å². The van der Waals surface area contributed by atoms with E-state index in [0.717, 1.165) is 79.6 Å². The summed E-state index contributed by atoms with van der Waals surface area (Å²) in [7, 11) is 1.98. The number of benzene rings is 1. The van der Waals surface area contributed by atoms with Crippen molar-refractivity contribution >= 4 is 39.3 Å². The van der Waals surface area contributed by atoms with E-state index < -0.39 is 0 Å². The molecule has 5 rings (SSSR count). The Morgan fingerprint density at radius 1 is 1.10 bits per heavy atom. The molecular formula is C41H60BrClN6O2. The van der Waals surface area contributed by atoms with Gasteiger partial charge >= 0.3 is 0 Å². The molecule has 10 heteroatoms. The highest BCUT2D eigenvalue weighted by Crippen LogP contribution is 2.45. The van der Waals surface area contributed by atoms with Gasteiger partial charge in [-0.15, -0.1) is 0 Å². The summed E-state index contributed by atoms with van der Waals surface area (Å²) in [6.45, 7) is 11.2. The molecule has 8 nitrogen and oxygen atoms in total. The van der Waals surface area contributed by atoms with Gasteiger partial charge < -0.3 is 15.2 Å². The van der Waals surface area contributed by atoms with Crippen LogP contribution in [0.4, 0.5) is 0 Å². The van der Waals surface area contributed by atoms with E-state index in [9.17, 15) is 9.59 Å². The number of nitrogens with one attached hydrogen (secondary N) is 2. The molecule has 0 bridgehead atoms. The normalized spacial score (nSPS) is 17.8. The zero-order valence-corrected chi connectivity index (χ0v) is 33.9. The van der Waals surface area contributed by atoms with E-state index in [4.69, 9.17) is 16.6 Å². The van der Waals surface area contributed by atoms with Crippen LogP contribution in [-0.4, -0.2) is 56.9 Å². The Morgan fingerprint density at radius 3 is 2.55 bits per heavy atom. The van der Waals surface area contributed by atoms with Crippen LogP contribution in [0.15, 0.2) is 47.5 Å². The molecule has 0 spiro atoms. The molecule has 1 aromatic carbocycles. The lowest BCUT2D eigenvalue weighted by atomic mass is 9.78. The number of hydrogen-bond acceptors (Lipinski definition) is 5. The molecule has 2 unspecified atom stereocenters. The standard InChI is InChI=1S/C33H45BrClN5O.C8H15NO/c1-5-17-40(22-24(3)9-7-8-10-31(41)37-16-15-29-21-36-23-39(29)4)33(6-2)30-14-13-28(35)19-25(30)11-12-26-18-27(34)20-38-32(26)33;1-7(10)9-8-5-3-2-4-6-8/h13-14,18-21,23-24H,5-12,15-17,22H2,1-4H3,(H,37,41);8H,2-6H2,1H3,(H,9,10). The van der Waals surface area contributed by atoms with Gasteiger partial charge in [0.25, 0.3) is 0 Å². The maximum Gasteiger partial charge on any atom is 0.220 e. The minimum Gasteiger partial charge on any atom is -0.356 e. The van der Waals surface area contributed by atoms with Gasteiger partial charge in [-0.25, -0.2) is 4.98 Å². The molecule has 2 aliphatic carbocycles. The van der Waals surface area contributed by atoms with Crippen LogP contribution in [0.1, 0.15) is 126 Å². The third-order valence-electron chi connectivity index (χ3n) is 10.6. The predicted octanol–water partition coefficient (Wildman–Crippen LogP) is 8.71. The van der Waals surface area contributed by atoms with Crippen molar-refractivity contribution in [2.24, 2.45) is 13.0 Å². The number of rotatable bonds is 15. The molecule has 2 N–H and O–H groups in total. The van der Waals surface area contributed by atoms with E-state index in [1.165, 1.54) is 54.5 Å². The van der Waals surface area contributed by atoms with E-state index in [-0.39, 0.29) is 17.4 Å².